The number of aliphatic hydroxyl groups excluding tert-OH is 1. The molecule has 1 unspecified atom stereocenters. The van der Waals surface area contributed by atoms with Crippen LogP contribution in [0.15, 0.2) is 53.1 Å². The number of hydrogen-bond donors (Lipinski definition) is 2. The molecule has 1 aromatic carbocycles. The minimum atomic E-state index is -1.20. The Bertz CT molecular complexity index is 528. The van der Waals surface area contributed by atoms with Crippen LogP contribution in [0.5, 0.6) is 0 Å². The molecular weight excluding hydrogens is 296 g/mol. The predicted octanol–water partition coefficient (Wildman–Crippen LogP) is 2.52. The number of rotatable bonds is 3. The molecule has 1 heterocycles. The van der Waals surface area contributed by atoms with Crippen molar-refractivity contribution in [3.8, 4) is 0 Å². The molecule has 0 bridgehead atoms. The van der Waals surface area contributed by atoms with Crippen LogP contribution in [0.25, 0.3) is 0 Å². The summed E-state index contributed by atoms with van der Waals surface area (Å²) in [5, 5.41) is 12.4. The molecule has 0 saturated carbocycles. The normalized spacial score (nSPS) is 11.9. The standard InChI is InChI=1S/C13H11BrN2O2/c14-10-6-7-11(15-8-10)16-13(18)12(17)9-4-2-1-3-5-9/h1-8,12,17H,(H,15,16,18). The van der Waals surface area contributed by atoms with Crippen molar-refractivity contribution in [2.45, 2.75) is 6.10 Å². The van der Waals surface area contributed by atoms with Crippen LogP contribution in [-0.2, 0) is 4.79 Å². The van der Waals surface area contributed by atoms with Gasteiger partial charge in [0, 0.05) is 10.7 Å². The number of aliphatic hydroxyl groups is 1. The summed E-state index contributed by atoms with van der Waals surface area (Å²) in [6, 6.07) is 12.2. The summed E-state index contributed by atoms with van der Waals surface area (Å²) in [6.07, 6.45) is 0.376. The summed E-state index contributed by atoms with van der Waals surface area (Å²) >= 11 is 3.25. The lowest BCUT2D eigenvalue weighted by Gasteiger charge is -2.10. The largest absolute Gasteiger partial charge is 0.378 e. The van der Waals surface area contributed by atoms with Gasteiger partial charge in [0.05, 0.1) is 0 Å². The van der Waals surface area contributed by atoms with Crippen molar-refractivity contribution in [2.75, 3.05) is 5.32 Å². The van der Waals surface area contributed by atoms with Crippen molar-refractivity contribution in [1.29, 1.82) is 0 Å². The highest BCUT2D eigenvalue weighted by Gasteiger charge is 2.17. The molecular formula is C13H11BrN2O2. The highest BCUT2D eigenvalue weighted by atomic mass is 79.9. The van der Waals surface area contributed by atoms with Crippen molar-refractivity contribution in [3.63, 3.8) is 0 Å². The van der Waals surface area contributed by atoms with E-state index in [1.165, 1.54) is 0 Å². The fourth-order valence-corrected chi connectivity index (χ4v) is 1.67. The van der Waals surface area contributed by atoms with Crippen molar-refractivity contribution in [3.05, 3.63) is 58.7 Å². The zero-order valence-electron chi connectivity index (χ0n) is 9.38. The van der Waals surface area contributed by atoms with E-state index in [9.17, 15) is 9.90 Å². The first kappa shape index (κ1) is 12.7. The summed E-state index contributed by atoms with van der Waals surface area (Å²) in [4.78, 5) is 15.8. The van der Waals surface area contributed by atoms with Gasteiger partial charge in [-0.25, -0.2) is 4.98 Å². The molecule has 1 aromatic heterocycles. The van der Waals surface area contributed by atoms with Crippen molar-refractivity contribution < 1.29 is 9.90 Å². The zero-order valence-corrected chi connectivity index (χ0v) is 11.0. The molecule has 0 aliphatic rings. The summed E-state index contributed by atoms with van der Waals surface area (Å²) in [6.45, 7) is 0. The number of hydrogen-bond acceptors (Lipinski definition) is 3. The van der Waals surface area contributed by atoms with Gasteiger partial charge in [-0.1, -0.05) is 30.3 Å². The molecule has 1 atom stereocenters. The van der Waals surface area contributed by atoms with Crippen LogP contribution in [0.1, 0.15) is 11.7 Å². The summed E-state index contributed by atoms with van der Waals surface area (Å²) in [7, 11) is 0. The molecule has 2 rings (SSSR count). The fraction of sp³-hybridized carbons (Fsp3) is 0.0769. The van der Waals surface area contributed by atoms with E-state index in [2.05, 4.69) is 26.2 Å². The van der Waals surface area contributed by atoms with E-state index in [1.807, 2.05) is 6.07 Å². The second-order valence-corrected chi connectivity index (χ2v) is 4.58. The van der Waals surface area contributed by atoms with Gasteiger partial charge in [-0.05, 0) is 33.6 Å². The number of pyridine rings is 1. The van der Waals surface area contributed by atoms with E-state index in [1.54, 1.807) is 42.6 Å². The van der Waals surface area contributed by atoms with Gasteiger partial charge in [0.1, 0.15) is 5.82 Å². The summed E-state index contributed by atoms with van der Waals surface area (Å²) in [5.41, 5.74) is 0.548. The summed E-state index contributed by atoms with van der Waals surface area (Å²) < 4.78 is 0.823. The lowest BCUT2D eigenvalue weighted by Crippen LogP contribution is -2.21. The SMILES string of the molecule is O=C(Nc1ccc(Br)cn1)C(O)c1ccccc1. The van der Waals surface area contributed by atoms with Crippen LogP contribution >= 0.6 is 15.9 Å². The molecule has 2 N–H and O–H groups in total. The van der Waals surface area contributed by atoms with E-state index >= 15 is 0 Å². The van der Waals surface area contributed by atoms with Crippen LogP contribution < -0.4 is 5.32 Å². The van der Waals surface area contributed by atoms with E-state index in [-0.39, 0.29) is 0 Å². The first-order valence-corrected chi connectivity index (χ1v) is 6.11. The molecule has 0 aliphatic carbocycles. The molecule has 2 aromatic rings. The minimum Gasteiger partial charge on any atom is -0.378 e. The maximum Gasteiger partial charge on any atom is 0.258 e. The Balaban J connectivity index is 2.06. The smallest absolute Gasteiger partial charge is 0.258 e. The monoisotopic (exact) mass is 306 g/mol. The van der Waals surface area contributed by atoms with Crippen LogP contribution in [0, 0.1) is 0 Å². The average Bonchev–Trinajstić information content (AvgIpc) is 2.41. The maximum atomic E-state index is 11.8. The van der Waals surface area contributed by atoms with Gasteiger partial charge in [-0.15, -0.1) is 0 Å². The first-order chi connectivity index (χ1) is 8.66. The van der Waals surface area contributed by atoms with Crippen LogP contribution in [-0.4, -0.2) is 16.0 Å². The average molecular weight is 307 g/mol. The van der Waals surface area contributed by atoms with Gasteiger partial charge < -0.3 is 10.4 Å². The van der Waals surface area contributed by atoms with Crippen LogP contribution in [0.3, 0.4) is 0 Å². The molecule has 1 amide bonds. The third-order valence-electron chi connectivity index (χ3n) is 2.34. The Kier molecular flexibility index (Phi) is 4.07. The number of carbonyl (C=O) groups excluding carboxylic acids is 1. The van der Waals surface area contributed by atoms with Gasteiger partial charge in [-0.3, -0.25) is 4.79 Å². The Labute approximate surface area is 113 Å². The lowest BCUT2D eigenvalue weighted by atomic mass is 10.1. The minimum absolute atomic E-state index is 0.401. The third-order valence-corrected chi connectivity index (χ3v) is 2.81. The second kappa shape index (κ2) is 5.75. The Morgan fingerprint density at radius 3 is 2.56 bits per heavy atom. The van der Waals surface area contributed by atoms with Gasteiger partial charge in [0.2, 0.25) is 0 Å². The van der Waals surface area contributed by atoms with Crippen molar-refractivity contribution >= 4 is 27.7 Å². The number of aromatic nitrogens is 1. The molecule has 5 heteroatoms. The fourth-order valence-electron chi connectivity index (χ4n) is 1.43. The molecule has 18 heavy (non-hydrogen) atoms. The molecule has 0 aliphatic heterocycles. The molecule has 0 fully saturated rings. The highest BCUT2D eigenvalue weighted by molar-refractivity contribution is 9.10. The Morgan fingerprint density at radius 1 is 1.22 bits per heavy atom. The first-order valence-electron chi connectivity index (χ1n) is 5.32. The maximum absolute atomic E-state index is 11.8. The lowest BCUT2D eigenvalue weighted by molar-refractivity contribution is -0.124. The summed E-state index contributed by atoms with van der Waals surface area (Å²) in [5.74, 6) is -0.103. The predicted molar refractivity (Wildman–Crippen MR) is 72.0 cm³/mol. The van der Waals surface area contributed by atoms with E-state index in [0.717, 1.165) is 4.47 Å². The Hall–Kier alpha value is -1.72. The number of halogens is 1. The molecule has 0 saturated heterocycles. The molecule has 0 spiro atoms. The zero-order chi connectivity index (χ0) is 13.0. The Morgan fingerprint density at radius 2 is 1.94 bits per heavy atom. The van der Waals surface area contributed by atoms with E-state index < -0.39 is 12.0 Å². The number of anilines is 1. The van der Waals surface area contributed by atoms with Crippen molar-refractivity contribution in [2.24, 2.45) is 0 Å². The van der Waals surface area contributed by atoms with Crippen LogP contribution in [0.4, 0.5) is 5.82 Å². The van der Waals surface area contributed by atoms with Gasteiger partial charge in [0.25, 0.3) is 5.91 Å². The number of carbonyl (C=O) groups is 1. The third kappa shape index (κ3) is 3.15. The quantitative estimate of drug-likeness (QED) is 0.916. The number of amides is 1. The van der Waals surface area contributed by atoms with E-state index in [0.29, 0.717) is 11.4 Å². The number of nitrogens with one attached hydrogen (secondary N) is 1. The van der Waals surface area contributed by atoms with Gasteiger partial charge in [0.15, 0.2) is 6.10 Å². The van der Waals surface area contributed by atoms with Crippen molar-refractivity contribution in [1.82, 2.24) is 4.98 Å². The van der Waals surface area contributed by atoms with E-state index in [4.69, 9.17) is 0 Å². The highest BCUT2D eigenvalue weighted by Crippen LogP contribution is 2.15. The van der Waals surface area contributed by atoms with Crippen LogP contribution in [0.2, 0.25) is 0 Å². The van der Waals surface area contributed by atoms with Gasteiger partial charge >= 0.3 is 0 Å². The number of nitrogens with zero attached hydrogens (tertiary/aromatic N) is 1. The topological polar surface area (TPSA) is 62.2 Å². The number of benzene rings is 1. The molecule has 92 valence electrons. The van der Waals surface area contributed by atoms with Gasteiger partial charge in [-0.2, -0.15) is 0 Å². The second-order valence-electron chi connectivity index (χ2n) is 3.66. The molecule has 0 radical (unpaired) electrons. The molecule has 4 nitrogen and oxygen atoms in total.